The molecule has 0 radical (unpaired) electrons. The predicted octanol–water partition coefficient (Wildman–Crippen LogP) is 8.97. The van der Waals surface area contributed by atoms with Gasteiger partial charge in [-0.3, -0.25) is 0 Å². The van der Waals surface area contributed by atoms with Crippen molar-refractivity contribution in [1.29, 1.82) is 0 Å². The van der Waals surface area contributed by atoms with Gasteiger partial charge in [0.25, 0.3) is 0 Å². The first-order chi connectivity index (χ1) is 17.4. The maximum absolute atomic E-state index is 6.94. The van der Waals surface area contributed by atoms with Crippen LogP contribution in [0.2, 0.25) is 13.1 Å². The van der Waals surface area contributed by atoms with Crippen LogP contribution in [-0.2, 0) is 31.9 Å². The van der Waals surface area contributed by atoms with Crippen molar-refractivity contribution in [3.63, 3.8) is 0 Å². The molecule has 0 bridgehead atoms. The summed E-state index contributed by atoms with van der Waals surface area (Å²) < 4.78 is 1.29. The van der Waals surface area contributed by atoms with Gasteiger partial charge in [0.1, 0.15) is 0 Å². The van der Waals surface area contributed by atoms with Gasteiger partial charge in [0.05, 0.1) is 0 Å². The normalized spacial score (nSPS) is 22.3. The molecule has 0 heterocycles. The Labute approximate surface area is 232 Å². The molecule has 2 atom stereocenters. The molecule has 2 aromatic rings. The van der Waals surface area contributed by atoms with E-state index in [1.165, 1.54) is 67.1 Å². The van der Waals surface area contributed by atoms with Gasteiger partial charge in [-0.1, -0.05) is 0 Å². The molecule has 4 heteroatoms. The average molecular weight is 693 g/mol. The van der Waals surface area contributed by atoms with E-state index in [9.17, 15) is 0 Å². The monoisotopic (exact) mass is 693 g/mol. The quantitative estimate of drug-likeness (QED) is 0.282. The zero-order valence-electron chi connectivity index (χ0n) is 21.4. The summed E-state index contributed by atoms with van der Waals surface area (Å²) in [5.74, 6) is 0.517. The fraction of sp³-hybridized carbons (Fsp3) is 0.281. The van der Waals surface area contributed by atoms with E-state index in [2.05, 4.69) is 93.7 Å². The van der Waals surface area contributed by atoms with Crippen molar-refractivity contribution in [1.82, 2.24) is 0 Å². The standard InChI is InChI=1S/C32H31Si.2ClH.Hf/c1-20-17-26-18-23-12-8-13-24(23)19-27(26)29(20)30-21(2)16-25-14-9-15-28(33(3)4)31(32(25)30)22-10-6-5-7-11-22;;;/h5-7,9-11,14-15,17-19,29,31H,8,12-13H2,1-4H3;2*1H;/q;;;+2/p-2. The molecule has 0 saturated carbocycles. The van der Waals surface area contributed by atoms with Gasteiger partial charge in [-0.2, -0.15) is 0 Å². The van der Waals surface area contributed by atoms with Crippen molar-refractivity contribution in [3.8, 4) is 0 Å². The minimum absolute atomic E-state index is 0.243. The van der Waals surface area contributed by atoms with Gasteiger partial charge in [-0.05, 0) is 0 Å². The molecule has 181 valence electrons. The molecule has 0 nitrogen and oxygen atoms in total. The van der Waals surface area contributed by atoms with E-state index in [4.69, 9.17) is 17.2 Å². The van der Waals surface area contributed by atoms with Crippen molar-refractivity contribution in [2.24, 2.45) is 0 Å². The first kappa shape index (κ1) is 25.0. The van der Waals surface area contributed by atoms with E-state index in [1.807, 2.05) is 0 Å². The molecule has 0 N–H and O–H groups in total. The van der Waals surface area contributed by atoms with Gasteiger partial charge in [-0.15, -0.1) is 0 Å². The molecule has 2 unspecified atom stereocenters. The second-order valence-electron chi connectivity index (χ2n) is 10.8. The summed E-state index contributed by atoms with van der Waals surface area (Å²) in [5.41, 5.74) is 14.4. The summed E-state index contributed by atoms with van der Waals surface area (Å²) in [6, 6.07) is 16.1. The molecule has 0 aromatic heterocycles. The van der Waals surface area contributed by atoms with Gasteiger partial charge in [0, 0.05) is 0 Å². The Kier molecular flexibility index (Phi) is 6.78. The number of hydrogen-bond donors (Lipinski definition) is 0. The third-order valence-electron chi connectivity index (χ3n) is 8.40. The zero-order valence-corrected chi connectivity index (χ0v) is 27.5. The number of fused-ring (bicyclic) bond motifs is 3. The van der Waals surface area contributed by atoms with Gasteiger partial charge < -0.3 is 0 Å². The van der Waals surface area contributed by atoms with Crippen molar-refractivity contribution >= 4 is 36.8 Å². The summed E-state index contributed by atoms with van der Waals surface area (Å²) in [6.07, 6.45) is 13.1. The number of rotatable bonds is 3. The topological polar surface area (TPSA) is 0 Å². The first-order valence-electron chi connectivity index (χ1n) is 13.0. The van der Waals surface area contributed by atoms with E-state index in [0.717, 1.165) is 0 Å². The summed E-state index contributed by atoms with van der Waals surface area (Å²) >= 11 is -2.93. The Hall–Kier alpha value is -1.32. The summed E-state index contributed by atoms with van der Waals surface area (Å²) in [7, 11) is 13.2. The summed E-state index contributed by atoms with van der Waals surface area (Å²) in [4.78, 5) is 0. The van der Waals surface area contributed by atoms with Crippen LogP contribution in [0.3, 0.4) is 0 Å². The molecule has 4 aliphatic carbocycles. The van der Waals surface area contributed by atoms with Crippen molar-refractivity contribution in [2.45, 2.75) is 58.0 Å². The number of aryl methyl sites for hydroxylation is 2. The third kappa shape index (κ3) is 3.99. The maximum atomic E-state index is 6.94. The van der Waals surface area contributed by atoms with Crippen molar-refractivity contribution in [3.05, 3.63) is 120 Å². The van der Waals surface area contributed by atoms with Gasteiger partial charge >= 0.3 is 234 Å². The number of hydrogen-bond acceptors (Lipinski definition) is 0. The summed E-state index contributed by atoms with van der Waals surface area (Å²) in [6.45, 7) is 9.47. The number of halogens is 2. The minimum atomic E-state index is -2.93. The van der Waals surface area contributed by atoms with Crippen LogP contribution in [0, 0.1) is 0 Å². The number of allylic oxidation sites excluding steroid dienone is 9. The van der Waals surface area contributed by atoms with Crippen LogP contribution in [0.25, 0.3) is 6.08 Å². The van der Waals surface area contributed by atoms with E-state index in [1.54, 1.807) is 16.3 Å². The van der Waals surface area contributed by atoms with Crippen molar-refractivity contribution in [2.75, 3.05) is 0 Å². The third-order valence-corrected chi connectivity index (χ3v) is 16.8. The average Bonchev–Trinajstić information content (AvgIpc) is 3.46. The van der Waals surface area contributed by atoms with Crippen LogP contribution < -0.4 is 0 Å². The molecule has 0 spiro atoms. The van der Waals surface area contributed by atoms with Crippen LogP contribution in [0.15, 0.2) is 91.9 Å². The molecule has 4 aliphatic rings. The Morgan fingerprint density at radius 3 is 2.33 bits per heavy atom. The second-order valence-corrected chi connectivity index (χ2v) is 24.8. The van der Waals surface area contributed by atoms with Crippen LogP contribution in [-0.4, -0.2) is 13.6 Å². The predicted molar refractivity (Wildman–Crippen MR) is 155 cm³/mol. The van der Waals surface area contributed by atoms with Crippen molar-refractivity contribution < 1.29 is 19.1 Å². The van der Waals surface area contributed by atoms with E-state index in [-0.39, 0.29) is 11.8 Å². The van der Waals surface area contributed by atoms with Gasteiger partial charge in [0.2, 0.25) is 0 Å². The van der Waals surface area contributed by atoms with E-state index < -0.39 is 27.5 Å². The molecule has 0 fully saturated rings. The SMILES string of the molecule is CC1=Cc2cc3c(cc2C1C1=C2C(=CC=CC(=[Si](C)C)C2c2ccccc2)[C]([Hf]([Cl])[Cl])=C1C)CCC3. The number of benzene rings is 2. The molecule has 36 heavy (non-hydrogen) atoms. The fourth-order valence-corrected chi connectivity index (χ4v) is 15.2. The Morgan fingerprint density at radius 1 is 0.917 bits per heavy atom. The molecule has 6 rings (SSSR count). The molecule has 2 aromatic carbocycles. The molecule has 0 saturated heterocycles. The zero-order chi connectivity index (χ0) is 25.1. The second kappa shape index (κ2) is 9.77. The first-order valence-corrected chi connectivity index (χ1v) is 26.2. The van der Waals surface area contributed by atoms with E-state index >= 15 is 0 Å². The Bertz CT molecular complexity index is 1460. The van der Waals surface area contributed by atoms with Gasteiger partial charge in [-0.25, -0.2) is 0 Å². The van der Waals surface area contributed by atoms with E-state index in [0.29, 0.717) is 0 Å². The van der Waals surface area contributed by atoms with Crippen LogP contribution in [0.1, 0.15) is 59.9 Å². The van der Waals surface area contributed by atoms with Crippen LogP contribution in [0.5, 0.6) is 0 Å². The molecule has 0 aliphatic heterocycles. The summed E-state index contributed by atoms with van der Waals surface area (Å²) in [5, 5.41) is 1.56. The molecular weight excluding hydrogens is 662 g/mol. The van der Waals surface area contributed by atoms with Gasteiger partial charge in [0.15, 0.2) is 0 Å². The van der Waals surface area contributed by atoms with Crippen LogP contribution in [0.4, 0.5) is 0 Å². The molecular formula is C32H31Cl2HfSi. The fourth-order valence-electron chi connectivity index (χ4n) is 6.86. The molecule has 0 amide bonds. The Balaban J connectivity index is 1.66. The van der Waals surface area contributed by atoms with Crippen LogP contribution >= 0.6 is 17.2 Å². The Morgan fingerprint density at radius 2 is 1.64 bits per heavy atom.